The maximum absolute atomic E-state index is 12.6. The molecule has 0 saturated heterocycles. The van der Waals surface area contributed by atoms with E-state index in [1.54, 1.807) is 35.9 Å². The van der Waals surface area contributed by atoms with Crippen molar-refractivity contribution in [3.8, 4) is 5.88 Å². The molecule has 1 aliphatic rings. The number of hydrogen-bond acceptors (Lipinski definition) is 4. The zero-order chi connectivity index (χ0) is 16.4. The van der Waals surface area contributed by atoms with Crippen LogP contribution in [0.3, 0.4) is 0 Å². The van der Waals surface area contributed by atoms with Crippen molar-refractivity contribution in [2.24, 2.45) is 0 Å². The minimum absolute atomic E-state index is 0.110. The third-order valence-electron chi connectivity index (χ3n) is 3.84. The summed E-state index contributed by atoms with van der Waals surface area (Å²) in [6.45, 7) is 0.637. The molecule has 7 nitrogen and oxygen atoms in total. The topological polar surface area (TPSA) is 84.7 Å². The molecule has 1 amide bonds. The maximum atomic E-state index is 12.6. The second-order valence-electron chi connectivity index (χ2n) is 5.36. The van der Waals surface area contributed by atoms with Gasteiger partial charge in [0.05, 0.1) is 0 Å². The lowest BCUT2D eigenvalue weighted by atomic mass is 10.2. The smallest absolute Gasteiger partial charge is 0.449 e. The zero-order valence-electron chi connectivity index (χ0n) is 12.7. The normalized spacial score (nSPS) is 13.3. The zero-order valence-corrected chi connectivity index (χ0v) is 12.7. The number of rotatable bonds is 3. The largest absolute Gasteiger partial charge is 0.512 e. The molecule has 0 atom stereocenters. The van der Waals surface area contributed by atoms with E-state index < -0.39 is 6.16 Å². The predicted octanol–water partition coefficient (Wildman–Crippen LogP) is 2.55. The van der Waals surface area contributed by atoms with Crippen molar-refractivity contribution in [3.05, 3.63) is 41.7 Å². The Morgan fingerprint density at radius 2 is 2.00 bits per heavy atom. The van der Waals surface area contributed by atoms with E-state index in [2.05, 4.69) is 4.98 Å². The van der Waals surface area contributed by atoms with Crippen LogP contribution in [-0.2, 0) is 13.0 Å². The quantitative estimate of drug-likeness (QED) is 0.880. The summed E-state index contributed by atoms with van der Waals surface area (Å²) in [6, 6.07) is 8.77. The van der Waals surface area contributed by atoms with Gasteiger partial charge in [0, 0.05) is 25.6 Å². The third-order valence-corrected chi connectivity index (χ3v) is 3.84. The van der Waals surface area contributed by atoms with Crippen molar-refractivity contribution in [3.63, 3.8) is 0 Å². The van der Waals surface area contributed by atoms with Crippen LogP contribution in [0.4, 0.5) is 10.6 Å². The van der Waals surface area contributed by atoms with Crippen molar-refractivity contribution in [2.45, 2.75) is 25.8 Å². The number of hydrogen-bond donors (Lipinski definition) is 1. The summed E-state index contributed by atoms with van der Waals surface area (Å²) >= 11 is 0. The minimum Gasteiger partial charge on any atom is -0.449 e. The number of fused-ring (bicyclic) bond motifs is 1. The highest BCUT2D eigenvalue weighted by Crippen LogP contribution is 2.33. The van der Waals surface area contributed by atoms with E-state index in [0.29, 0.717) is 12.1 Å². The third kappa shape index (κ3) is 2.90. The first kappa shape index (κ1) is 15.1. The number of anilines is 1. The molecule has 0 radical (unpaired) electrons. The van der Waals surface area contributed by atoms with Gasteiger partial charge in [-0.2, -0.15) is 0 Å². The van der Waals surface area contributed by atoms with Crippen molar-refractivity contribution in [1.82, 2.24) is 9.55 Å². The highest BCUT2D eigenvalue weighted by molar-refractivity contribution is 6.05. The lowest BCUT2D eigenvalue weighted by molar-refractivity contribution is 0.0989. The molecule has 0 saturated carbocycles. The van der Waals surface area contributed by atoms with E-state index >= 15 is 0 Å². The molecule has 0 aliphatic carbocycles. The van der Waals surface area contributed by atoms with Crippen LogP contribution in [0.15, 0.2) is 30.3 Å². The first-order chi connectivity index (χ1) is 11.1. The van der Waals surface area contributed by atoms with Gasteiger partial charge < -0.3 is 9.84 Å². The molecule has 7 heteroatoms. The number of carbonyl (C=O) groups is 2. The van der Waals surface area contributed by atoms with Crippen molar-refractivity contribution < 1.29 is 19.4 Å². The second kappa shape index (κ2) is 6.12. The van der Waals surface area contributed by atoms with Gasteiger partial charge in [0.15, 0.2) is 5.82 Å². The fourth-order valence-electron chi connectivity index (χ4n) is 2.72. The summed E-state index contributed by atoms with van der Waals surface area (Å²) in [5.41, 5.74) is 0.502. The second-order valence-corrected chi connectivity index (χ2v) is 5.36. The summed E-state index contributed by atoms with van der Waals surface area (Å²) in [7, 11) is 1.57. The highest BCUT2D eigenvalue weighted by Gasteiger charge is 2.28. The fraction of sp³-hybridized carbons (Fsp3) is 0.312. The van der Waals surface area contributed by atoms with Crippen LogP contribution in [-0.4, -0.2) is 33.8 Å². The molecule has 1 aliphatic heterocycles. The molecule has 0 spiro atoms. The Kier molecular flexibility index (Phi) is 4.01. The Bertz CT molecular complexity index is 739. The van der Waals surface area contributed by atoms with Crippen LogP contribution in [0.5, 0.6) is 5.88 Å². The van der Waals surface area contributed by atoms with Crippen molar-refractivity contribution >= 4 is 17.9 Å². The van der Waals surface area contributed by atoms with Gasteiger partial charge in [-0.05, 0) is 25.0 Å². The molecule has 120 valence electrons. The van der Waals surface area contributed by atoms with E-state index in [1.165, 1.54) is 4.90 Å². The molecular weight excluding hydrogens is 298 g/mol. The Hall–Kier alpha value is -2.83. The number of carboxylic acid groups (broad SMARTS) is 1. The van der Waals surface area contributed by atoms with Crippen LogP contribution in [0.25, 0.3) is 0 Å². The SMILES string of the molecule is CN(C(=O)c1ccccc1)c1nc2n(c1OC(=O)O)CCCC2. The number of nitrogens with zero attached hydrogens (tertiary/aromatic N) is 3. The molecule has 1 aromatic heterocycles. The van der Waals surface area contributed by atoms with Gasteiger partial charge in [-0.1, -0.05) is 18.2 Å². The summed E-state index contributed by atoms with van der Waals surface area (Å²) in [4.78, 5) is 29.3. The van der Waals surface area contributed by atoms with E-state index in [4.69, 9.17) is 9.84 Å². The fourth-order valence-corrected chi connectivity index (χ4v) is 2.72. The van der Waals surface area contributed by atoms with Crippen molar-refractivity contribution in [2.75, 3.05) is 11.9 Å². The summed E-state index contributed by atoms with van der Waals surface area (Å²) in [5, 5.41) is 8.98. The van der Waals surface area contributed by atoms with Gasteiger partial charge in [0.2, 0.25) is 0 Å². The number of carbonyl (C=O) groups excluding carboxylic acids is 1. The summed E-state index contributed by atoms with van der Waals surface area (Å²) < 4.78 is 6.65. The molecule has 1 aromatic carbocycles. The van der Waals surface area contributed by atoms with Gasteiger partial charge in [0.1, 0.15) is 5.82 Å². The van der Waals surface area contributed by atoms with E-state index in [0.717, 1.165) is 25.1 Å². The van der Waals surface area contributed by atoms with Gasteiger partial charge in [0.25, 0.3) is 11.8 Å². The van der Waals surface area contributed by atoms with E-state index in [-0.39, 0.29) is 17.6 Å². The highest BCUT2D eigenvalue weighted by atomic mass is 16.7. The Labute approximate surface area is 133 Å². The van der Waals surface area contributed by atoms with E-state index in [1.807, 2.05) is 6.07 Å². The first-order valence-electron chi connectivity index (χ1n) is 7.41. The number of amides is 1. The predicted molar refractivity (Wildman–Crippen MR) is 83.0 cm³/mol. The molecule has 2 aromatic rings. The number of benzene rings is 1. The standard InChI is InChI=1S/C16H17N3O4/c1-18(14(20)11-7-3-2-4-8-11)13-15(23-16(21)22)19-10-6-5-9-12(19)17-13/h2-4,7-8H,5-6,9-10H2,1H3,(H,21,22). The molecule has 2 heterocycles. The summed E-state index contributed by atoms with van der Waals surface area (Å²) in [6.07, 6.45) is 1.23. The maximum Gasteiger partial charge on any atom is 0.512 e. The van der Waals surface area contributed by atoms with Crippen molar-refractivity contribution in [1.29, 1.82) is 0 Å². The van der Waals surface area contributed by atoms with Gasteiger partial charge >= 0.3 is 6.16 Å². The molecule has 23 heavy (non-hydrogen) atoms. The van der Waals surface area contributed by atoms with Crippen LogP contribution < -0.4 is 9.64 Å². The van der Waals surface area contributed by atoms with Gasteiger partial charge in [-0.15, -0.1) is 0 Å². The number of imidazole rings is 1. The van der Waals surface area contributed by atoms with Crippen LogP contribution in [0.1, 0.15) is 29.0 Å². The molecule has 0 bridgehead atoms. The van der Waals surface area contributed by atoms with E-state index in [9.17, 15) is 9.59 Å². The lowest BCUT2D eigenvalue weighted by Gasteiger charge is -2.17. The lowest BCUT2D eigenvalue weighted by Crippen LogP contribution is -2.27. The summed E-state index contributed by atoms with van der Waals surface area (Å²) in [5.74, 6) is 0.823. The van der Waals surface area contributed by atoms with Crippen LogP contribution in [0, 0.1) is 0 Å². The minimum atomic E-state index is -1.42. The van der Waals surface area contributed by atoms with Crippen LogP contribution in [0.2, 0.25) is 0 Å². The monoisotopic (exact) mass is 315 g/mol. The molecule has 0 fully saturated rings. The Morgan fingerprint density at radius 1 is 1.26 bits per heavy atom. The van der Waals surface area contributed by atoms with Gasteiger partial charge in [-0.25, -0.2) is 9.78 Å². The number of aryl methyl sites for hydroxylation is 1. The molecule has 0 unspecified atom stereocenters. The number of aromatic nitrogens is 2. The molecular formula is C16H17N3O4. The van der Waals surface area contributed by atoms with Gasteiger partial charge in [-0.3, -0.25) is 14.3 Å². The average molecular weight is 315 g/mol. The Balaban J connectivity index is 1.99. The molecule has 1 N–H and O–H groups in total. The average Bonchev–Trinajstić information content (AvgIpc) is 2.92. The Morgan fingerprint density at radius 3 is 2.70 bits per heavy atom. The number of ether oxygens (including phenoxy) is 1. The molecule has 3 rings (SSSR count). The van der Waals surface area contributed by atoms with Crippen LogP contribution >= 0.6 is 0 Å². The first-order valence-corrected chi connectivity index (χ1v) is 7.41.